The normalized spacial score (nSPS) is 10.6. The molecule has 0 bridgehead atoms. The highest BCUT2D eigenvalue weighted by molar-refractivity contribution is 5.35. The standard InChI is InChI=1S/C13H16FN3O/c1-17-8-6-11(16-17)9-18-13-10(5-7-15)3-2-4-12(13)14/h2-4,6,8H,5,7,9,15H2,1H3. The molecule has 0 unspecified atom stereocenters. The summed E-state index contributed by atoms with van der Waals surface area (Å²) in [7, 11) is 1.83. The number of para-hydroxylation sites is 1. The molecule has 2 aromatic rings. The highest BCUT2D eigenvalue weighted by Gasteiger charge is 2.10. The number of hydrogen-bond donors (Lipinski definition) is 1. The van der Waals surface area contributed by atoms with Gasteiger partial charge in [0, 0.05) is 13.2 Å². The van der Waals surface area contributed by atoms with Crippen LogP contribution in [0.15, 0.2) is 30.5 Å². The van der Waals surface area contributed by atoms with Gasteiger partial charge in [-0.15, -0.1) is 0 Å². The van der Waals surface area contributed by atoms with Crippen molar-refractivity contribution in [1.82, 2.24) is 9.78 Å². The van der Waals surface area contributed by atoms with Gasteiger partial charge in [0.1, 0.15) is 6.61 Å². The van der Waals surface area contributed by atoms with Crippen LogP contribution in [0.5, 0.6) is 5.75 Å². The van der Waals surface area contributed by atoms with Gasteiger partial charge in [0.2, 0.25) is 0 Å². The average molecular weight is 249 g/mol. The molecule has 0 atom stereocenters. The molecule has 2 N–H and O–H groups in total. The van der Waals surface area contributed by atoms with E-state index < -0.39 is 0 Å². The minimum absolute atomic E-state index is 0.249. The molecule has 0 aliphatic heterocycles. The van der Waals surface area contributed by atoms with Crippen LogP contribution in [0.25, 0.3) is 0 Å². The fraction of sp³-hybridized carbons (Fsp3) is 0.308. The summed E-state index contributed by atoms with van der Waals surface area (Å²) >= 11 is 0. The van der Waals surface area contributed by atoms with E-state index in [4.69, 9.17) is 10.5 Å². The number of halogens is 1. The summed E-state index contributed by atoms with van der Waals surface area (Å²) in [5.41, 5.74) is 7.05. The van der Waals surface area contributed by atoms with Crippen molar-refractivity contribution in [3.63, 3.8) is 0 Å². The first-order valence-electron chi connectivity index (χ1n) is 5.79. The van der Waals surface area contributed by atoms with Gasteiger partial charge in [-0.05, 0) is 30.7 Å². The number of hydrogen-bond acceptors (Lipinski definition) is 3. The Morgan fingerprint density at radius 3 is 2.89 bits per heavy atom. The van der Waals surface area contributed by atoms with Crippen molar-refractivity contribution in [3.8, 4) is 5.75 Å². The van der Waals surface area contributed by atoms with Crippen LogP contribution in [-0.2, 0) is 20.1 Å². The molecule has 1 heterocycles. The van der Waals surface area contributed by atoms with Crippen LogP contribution in [0.1, 0.15) is 11.3 Å². The van der Waals surface area contributed by atoms with Crippen LogP contribution >= 0.6 is 0 Å². The third kappa shape index (κ3) is 2.87. The van der Waals surface area contributed by atoms with Crippen LogP contribution in [0.2, 0.25) is 0 Å². The van der Waals surface area contributed by atoms with Crippen molar-refractivity contribution in [2.75, 3.05) is 6.54 Å². The van der Waals surface area contributed by atoms with Gasteiger partial charge < -0.3 is 10.5 Å². The van der Waals surface area contributed by atoms with Crippen molar-refractivity contribution >= 4 is 0 Å². The average Bonchev–Trinajstić information content (AvgIpc) is 2.75. The van der Waals surface area contributed by atoms with E-state index in [0.717, 1.165) is 11.3 Å². The number of benzene rings is 1. The van der Waals surface area contributed by atoms with Crippen molar-refractivity contribution in [1.29, 1.82) is 0 Å². The lowest BCUT2D eigenvalue weighted by Gasteiger charge is -2.10. The van der Waals surface area contributed by atoms with Gasteiger partial charge in [-0.3, -0.25) is 4.68 Å². The lowest BCUT2D eigenvalue weighted by Crippen LogP contribution is -2.07. The van der Waals surface area contributed by atoms with Gasteiger partial charge in [-0.25, -0.2) is 4.39 Å². The second kappa shape index (κ2) is 5.64. The number of ether oxygens (including phenoxy) is 1. The van der Waals surface area contributed by atoms with Crippen LogP contribution in [-0.4, -0.2) is 16.3 Å². The largest absolute Gasteiger partial charge is 0.484 e. The Hall–Kier alpha value is -1.88. The Kier molecular flexibility index (Phi) is 3.94. The summed E-state index contributed by atoms with van der Waals surface area (Å²) in [5, 5.41) is 4.18. The van der Waals surface area contributed by atoms with Gasteiger partial charge in [0.15, 0.2) is 11.6 Å². The summed E-state index contributed by atoms with van der Waals surface area (Å²) in [4.78, 5) is 0. The number of rotatable bonds is 5. The smallest absolute Gasteiger partial charge is 0.165 e. The Bertz CT molecular complexity index is 525. The molecule has 0 aliphatic carbocycles. The SMILES string of the molecule is Cn1ccc(COc2c(F)cccc2CCN)n1. The molecule has 1 aromatic carbocycles. The predicted octanol–water partition coefficient (Wildman–Crippen LogP) is 1.64. The summed E-state index contributed by atoms with van der Waals surface area (Å²) in [5.74, 6) is -0.0921. The van der Waals surface area contributed by atoms with Crippen LogP contribution in [0.4, 0.5) is 4.39 Å². The van der Waals surface area contributed by atoms with E-state index in [1.807, 2.05) is 25.4 Å². The Balaban J connectivity index is 2.12. The molecular weight excluding hydrogens is 233 g/mol. The quantitative estimate of drug-likeness (QED) is 0.876. The van der Waals surface area contributed by atoms with Crippen LogP contribution in [0.3, 0.4) is 0 Å². The zero-order valence-electron chi connectivity index (χ0n) is 10.3. The van der Waals surface area contributed by atoms with E-state index in [9.17, 15) is 4.39 Å². The molecule has 96 valence electrons. The molecule has 1 aromatic heterocycles. The van der Waals surface area contributed by atoms with Crippen LogP contribution in [0, 0.1) is 5.82 Å². The number of aromatic nitrogens is 2. The molecule has 5 heteroatoms. The maximum Gasteiger partial charge on any atom is 0.165 e. The zero-order valence-corrected chi connectivity index (χ0v) is 10.3. The summed E-state index contributed by atoms with van der Waals surface area (Å²) in [6.45, 7) is 0.711. The molecule has 0 amide bonds. The van der Waals surface area contributed by atoms with E-state index in [1.54, 1.807) is 10.7 Å². The first kappa shape index (κ1) is 12.6. The minimum atomic E-state index is -0.364. The topological polar surface area (TPSA) is 53.1 Å². The highest BCUT2D eigenvalue weighted by Crippen LogP contribution is 2.23. The number of nitrogens with zero attached hydrogens (tertiary/aromatic N) is 2. The molecule has 0 fully saturated rings. The van der Waals surface area contributed by atoms with Gasteiger partial charge in [0.05, 0.1) is 5.69 Å². The first-order chi connectivity index (χ1) is 8.70. The Labute approximate surface area is 105 Å². The molecule has 0 radical (unpaired) electrons. The highest BCUT2D eigenvalue weighted by atomic mass is 19.1. The van der Waals surface area contributed by atoms with Gasteiger partial charge in [0.25, 0.3) is 0 Å². The van der Waals surface area contributed by atoms with E-state index in [0.29, 0.717) is 13.0 Å². The van der Waals surface area contributed by atoms with Gasteiger partial charge >= 0.3 is 0 Å². The second-order valence-corrected chi connectivity index (χ2v) is 4.04. The van der Waals surface area contributed by atoms with Crippen molar-refractivity contribution in [3.05, 3.63) is 47.5 Å². The van der Waals surface area contributed by atoms with E-state index in [2.05, 4.69) is 5.10 Å². The third-order valence-electron chi connectivity index (χ3n) is 2.60. The second-order valence-electron chi connectivity index (χ2n) is 4.04. The van der Waals surface area contributed by atoms with Crippen molar-refractivity contribution < 1.29 is 9.13 Å². The molecule has 0 spiro atoms. The summed E-state index contributed by atoms with van der Waals surface area (Å²) in [6, 6.07) is 6.70. The molecule has 0 saturated heterocycles. The fourth-order valence-electron chi connectivity index (χ4n) is 1.75. The van der Waals surface area contributed by atoms with Crippen molar-refractivity contribution in [2.24, 2.45) is 12.8 Å². The molecular formula is C13H16FN3O. The van der Waals surface area contributed by atoms with E-state index in [1.165, 1.54) is 6.07 Å². The number of nitrogens with two attached hydrogens (primary N) is 1. The summed E-state index contributed by atoms with van der Waals surface area (Å²) < 4.78 is 20.9. The third-order valence-corrected chi connectivity index (χ3v) is 2.60. The van der Waals surface area contributed by atoms with Crippen LogP contribution < -0.4 is 10.5 Å². The van der Waals surface area contributed by atoms with Gasteiger partial charge in [-0.1, -0.05) is 12.1 Å². The number of aryl methyl sites for hydroxylation is 1. The molecule has 2 rings (SSSR count). The predicted molar refractivity (Wildman–Crippen MR) is 66.7 cm³/mol. The Morgan fingerprint density at radius 2 is 2.22 bits per heavy atom. The van der Waals surface area contributed by atoms with Gasteiger partial charge in [-0.2, -0.15) is 5.10 Å². The van der Waals surface area contributed by atoms with E-state index >= 15 is 0 Å². The zero-order chi connectivity index (χ0) is 13.0. The monoisotopic (exact) mass is 249 g/mol. The molecule has 0 aliphatic rings. The minimum Gasteiger partial charge on any atom is -0.484 e. The lowest BCUT2D eigenvalue weighted by atomic mass is 10.1. The maximum atomic E-state index is 13.7. The van der Waals surface area contributed by atoms with Crippen molar-refractivity contribution in [2.45, 2.75) is 13.0 Å². The van der Waals surface area contributed by atoms with E-state index in [-0.39, 0.29) is 18.2 Å². The maximum absolute atomic E-state index is 13.7. The molecule has 18 heavy (non-hydrogen) atoms. The fourth-order valence-corrected chi connectivity index (χ4v) is 1.75. The Morgan fingerprint density at radius 1 is 1.39 bits per heavy atom. The molecule has 0 saturated carbocycles. The first-order valence-corrected chi connectivity index (χ1v) is 5.79. The summed E-state index contributed by atoms with van der Waals surface area (Å²) in [6.07, 6.45) is 2.41. The molecule has 4 nitrogen and oxygen atoms in total. The lowest BCUT2D eigenvalue weighted by molar-refractivity contribution is 0.281.